The van der Waals surface area contributed by atoms with Crippen molar-refractivity contribution in [1.29, 1.82) is 0 Å². The van der Waals surface area contributed by atoms with Crippen molar-refractivity contribution in [2.45, 2.75) is 50.6 Å². The van der Waals surface area contributed by atoms with Gasteiger partial charge in [0, 0.05) is 56.7 Å². The SMILES string of the molecule is COc1ccc(F)c(C[C@@]2(CCC(=O)N3CCCN(Cc4ccccc4F)CC3)CCC(=O)N2)c1. The van der Waals surface area contributed by atoms with Crippen LogP contribution in [0.15, 0.2) is 42.5 Å². The first-order valence-electron chi connectivity index (χ1n) is 12.2. The van der Waals surface area contributed by atoms with Crippen LogP contribution in [0.25, 0.3) is 0 Å². The summed E-state index contributed by atoms with van der Waals surface area (Å²) in [6, 6.07) is 11.4. The molecule has 2 fully saturated rings. The fraction of sp³-hybridized carbons (Fsp3) is 0.481. The van der Waals surface area contributed by atoms with Crippen LogP contribution in [-0.2, 0) is 22.6 Å². The molecule has 2 aromatic carbocycles. The Morgan fingerprint density at radius 1 is 1.06 bits per heavy atom. The molecule has 0 bridgehead atoms. The van der Waals surface area contributed by atoms with Gasteiger partial charge in [-0.3, -0.25) is 14.5 Å². The van der Waals surface area contributed by atoms with E-state index in [9.17, 15) is 18.4 Å². The number of carbonyl (C=O) groups excluding carboxylic acids is 2. The van der Waals surface area contributed by atoms with Gasteiger partial charge < -0.3 is 15.0 Å². The molecular formula is C27H33F2N3O3. The number of benzene rings is 2. The minimum Gasteiger partial charge on any atom is -0.497 e. The number of ether oxygens (including phenoxy) is 1. The van der Waals surface area contributed by atoms with Crippen molar-refractivity contribution < 1.29 is 23.1 Å². The average molecular weight is 486 g/mol. The Morgan fingerprint density at radius 3 is 2.60 bits per heavy atom. The fourth-order valence-corrected chi connectivity index (χ4v) is 5.11. The second kappa shape index (κ2) is 11.2. The molecule has 1 N–H and O–H groups in total. The Bertz CT molecular complexity index is 1060. The molecule has 0 aromatic heterocycles. The number of halogens is 2. The molecule has 0 unspecified atom stereocenters. The quantitative estimate of drug-likeness (QED) is 0.620. The highest BCUT2D eigenvalue weighted by molar-refractivity contribution is 5.80. The van der Waals surface area contributed by atoms with Crippen molar-refractivity contribution in [3.8, 4) is 5.75 Å². The first-order valence-corrected chi connectivity index (χ1v) is 12.2. The van der Waals surface area contributed by atoms with Gasteiger partial charge in [-0.25, -0.2) is 8.78 Å². The Morgan fingerprint density at radius 2 is 1.86 bits per heavy atom. The molecule has 0 aliphatic carbocycles. The summed E-state index contributed by atoms with van der Waals surface area (Å²) in [5.41, 5.74) is 0.483. The summed E-state index contributed by atoms with van der Waals surface area (Å²) < 4.78 is 33.8. The molecule has 2 saturated heterocycles. The van der Waals surface area contributed by atoms with Crippen molar-refractivity contribution in [3.05, 3.63) is 65.2 Å². The highest BCUT2D eigenvalue weighted by Crippen LogP contribution is 2.32. The van der Waals surface area contributed by atoms with Crippen LogP contribution >= 0.6 is 0 Å². The largest absolute Gasteiger partial charge is 0.497 e. The van der Waals surface area contributed by atoms with Crippen LogP contribution < -0.4 is 10.1 Å². The van der Waals surface area contributed by atoms with Crippen LogP contribution in [0.5, 0.6) is 5.75 Å². The zero-order valence-corrected chi connectivity index (χ0v) is 20.2. The van der Waals surface area contributed by atoms with E-state index in [1.165, 1.54) is 19.2 Å². The molecule has 2 aliphatic rings. The highest BCUT2D eigenvalue weighted by atomic mass is 19.1. The van der Waals surface area contributed by atoms with E-state index in [0.29, 0.717) is 68.7 Å². The van der Waals surface area contributed by atoms with Gasteiger partial charge in [-0.1, -0.05) is 18.2 Å². The molecule has 2 amide bonds. The van der Waals surface area contributed by atoms with Gasteiger partial charge in [0.2, 0.25) is 11.8 Å². The summed E-state index contributed by atoms with van der Waals surface area (Å²) in [4.78, 5) is 29.2. The van der Waals surface area contributed by atoms with Gasteiger partial charge in [-0.15, -0.1) is 0 Å². The van der Waals surface area contributed by atoms with Crippen molar-refractivity contribution in [2.75, 3.05) is 33.3 Å². The van der Waals surface area contributed by atoms with E-state index >= 15 is 0 Å². The normalized spacial score (nSPS) is 21.0. The van der Waals surface area contributed by atoms with Gasteiger partial charge in [0.15, 0.2) is 0 Å². The minimum absolute atomic E-state index is 0.0318. The smallest absolute Gasteiger partial charge is 0.222 e. The number of carbonyl (C=O) groups is 2. The van der Waals surface area contributed by atoms with E-state index in [1.807, 2.05) is 11.0 Å². The molecule has 0 radical (unpaired) electrons. The first kappa shape index (κ1) is 25.1. The van der Waals surface area contributed by atoms with Gasteiger partial charge in [0.05, 0.1) is 7.11 Å². The average Bonchev–Trinajstić information content (AvgIpc) is 3.06. The number of hydrogen-bond acceptors (Lipinski definition) is 4. The van der Waals surface area contributed by atoms with Gasteiger partial charge in [-0.05, 0) is 55.5 Å². The molecule has 35 heavy (non-hydrogen) atoms. The van der Waals surface area contributed by atoms with E-state index in [4.69, 9.17) is 4.74 Å². The van der Waals surface area contributed by atoms with Crippen LogP contribution in [0.2, 0.25) is 0 Å². The predicted molar refractivity (Wildman–Crippen MR) is 129 cm³/mol. The van der Waals surface area contributed by atoms with Gasteiger partial charge in [-0.2, -0.15) is 0 Å². The number of hydrogen-bond donors (Lipinski definition) is 1. The number of methoxy groups -OCH3 is 1. The molecule has 0 saturated carbocycles. The summed E-state index contributed by atoms with van der Waals surface area (Å²) in [5, 5.41) is 3.03. The lowest BCUT2D eigenvalue weighted by molar-refractivity contribution is -0.131. The molecular weight excluding hydrogens is 452 g/mol. The molecule has 2 heterocycles. The predicted octanol–water partition coefficient (Wildman–Crippen LogP) is 3.68. The standard InChI is InChI=1S/C27H33F2N3O3/c1-35-22-7-8-24(29)21(17-22)18-27(11-9-25(33)30-27)12-10-26(34)32-14-4-13-31(15-16-32)19-20-5-2-3-6-23(20)28/h2-3,5-8,17H,4,9-16,18-19H2,1H3,(H,30,33)/t27-/m0/s1. The summed E-state index contributed by atoms with van der Waals surface area (Å²) in [6.45, 7) is 3.23. The second-order valence-electron chi connectivity index (χ2n) is 9.56. The summed E-state index contributed by atoms with van der Waals surface area (Å²) >= 11 is 0. The molecule has 188 valence electrons. The Balaban J connectivity index is 1.36. The van der Waals surface area contributed by atoms with Crippen LogP contribution in [0.4, 0.5) is 8.78 Å². The third-order valence-electron chi connectivity index (χ3n) is 7.13. The third kappa shape index (κ3) is 6.36. The maximum atomic E-state index is 14.5. The summed E-state index contributed by atoms with van der Waals surface area (Å²) in [5.74, 6) is -0.0358. The molecule has 2 aromatic rings. The van der Waals surface area contributed by atoms with E-state index in [-0.39, 0.29) is 29.9 Å². The monoisotopic (exact) mass is 485 g/mol. The van der Waals surface area contributed by atoms with E-state index in [1.54, 1.807) is 24.3 Å². The van der Waals surface area contributed by atoms with Crippen LogP contribution in [-0.4, -0.2) is 60.4 Å². The molecule has 8 heteroatoms. The second-order valence-corrected chi connectivity index (χ2v) is 9.56. The molecule has 2 aliphatic heterocycles. The van der Waals surface area contributed by atoms with Gasteiger partial charge >= 0.3 is 0 Å². The Hall–Kier alpha value is -3.00. The third-order valence-corrected chi connectivity index (χ3v) is 7.13. The van der Waals surface area contributed by atoms with E-state index in [2.05, 4.69) is 10.2 Å². The summed E-state index contributed by atoms with van der Waals surface area (Å²) in [7, 11) is 1.53. The molecule has 1 atom stereocenters. The van der Waals surface area contributed by atoms with E-state index < -0.39 is 5.54 Å². The maximum Gasteiger partial charge on any atom is 0.222 e. The first-order chi connectivity index (χ1) is 16.9. The minimum atomic E-state index is -0.650. The fourth-order valence-electron chi connectivity index (χ4n) is 5.11. The topological polar surface area (TPSA) is 61.9 Å². The van der Waals surface area contributed by atoms with Gasteiger partial charge in [0.1, 0.15) is 17.4 Å². The van der Waals surface area contributed by atoms with Crippen molar-refractivity contribution in [1.82, 2.24) is 15.1 Å². The Kier molecular flexibility index (Phi) is 8.00. The number of rotatable bonds is 8. The molecule has 0 spiro atoms. The molecule has 6 nitrogen and oxygen atoms in total. The van der Waals surface area contributed by atoms with Gasteiger partial charge in [0.25, 0.3) is 0 Å². The number of amides is 2. The number of nitrogens with one attached hydrogen (secondary N) is 1. The maximum absolute atomic E-state index is 14.5. The lowest BCUT2D eigenvalue weighted by Gasteiger charge is -2.31. The van der Waals surface area contributed by atoms with Crippen molar-refractivity contribution in [3.63, 3.8) is 0 Å². The van der Waals surface area contributed by atoms with Crippen LogP contribution in [0.1, 0.15) is 43.2 Å². The van der Waals surface area contributed by atoms with Crippen LogP contribution in [0, 0.1) is 11.6 Å². The Labute approximate surface area is 205 Å². The zero-order chi connectivity index (χ0) is 24.8. The summed E-state index contributed by atoms with van der Waals surface area (Å²) in [6.07, 6.45) is 2.78. The molecule has 4 rings (SSSR count). The zero-order valence-electron chi connectivity index (χ0n) is 20.2. The van der Waals surface area contributed by atoms with E-state index in [0.717, 1.165) is 13.0 Å². The highest BCUT2D eigenvalue weighted by Gasteiger charge is 2.39. The lowest BCUT2D eigenvalue weighted by atomic mass is 9.84. The van der Waals surface area contributed by atoms with Crippen molar-refractivity contribution in [2.24, 2.45) is 0 Å². The lowest BCUT2D eigenvalue weighted by Crippen LogP contribution is -2.45. The van der Waals surface area contributed by atoms with Crippen molar-refractivity contribution >= 4 is 11.8 Å². The van der Waals surface area contributed by atoms with Crippen LogP contribution in [0.3, 0.4) is 0 Å². The number of nitrogens with zero attached hydrogens (tertiary/aromatic N) is 2.